The summed E-state index contributed by atoms with van der Waals surface area (Å²) in [5.41, 5.74) is 2.31. The molecular formula is C13H24ClN5O. The van der Waals surface area contributed by atoms with E-state index in [1.165, 1.54) is 31.6 Å². The second kappa shape index (κ2) is 7.36. The minimum Gasteiger partial charge on any atom is -0.379 e. The summed E-state index contributed by atoms with van der Waals surface area (Å²) < 4.78 is 7.76. The number of nitrogens with one attached hydrogen (secondary N) is 1. The van der Waals surface area contributed by atoms with E-state index in [-0.39, 0.29) is 12.4 Å². The van der Waals surface area contributed by atoms with E-state index in [9.17, 15) is 0 Å². The summed E-state index contributed by atoms with van der Waals surface area (Å²) in [6, 6.07) is 0. The summed E-state index contributed by atoms with van der Waals surface area (Å²) in [6.07, 6.45) is 2.69. The minimum absolute atomic E-state index is 0. The van der Waals surface area contributed by atoms with Crippen molar-refractivity contribution in [3.8, 4) is 0 Å². The molecule has 1 aromatic heterocycles. The average Bonchev–Trinajstić information content (AvgIpc) is 3.05. The molecule has 20 heavy (non-hydrogen) atoms. The number of halogens is 1. The van der Waals surface area contributed by atoms with Crippen LogP contribution in [0.3, 0.4) is 0 Å². The highest BCUT2D eigenvalue weighted by atomic mass is 35.5. The van der Waals surface area contributed by atoms with E-state index in [2.05, 4.69) is 20.5 Å². The third-order valence-electron chi connectivity index (χ3n) is 4.08. The van der Waals surface area contributed by atoms with Gasteiger partial charge in [0.2, 0.25) is 0 Å². The van der Waals surface area contributed by atoms with Crippen LogP contribution >= 0.6 is 12.4 Å². The summed E-state index contributed by atoms with van der Waals surface area (Å²) >= 11 is 0. The number of ether oxygens (including phenoxy) is 1. The molecule has 1 aromatic rings. The summed E-state index contributed by atoms with van der Waals surface area (Å²) in [5, 5.41) is 11.7. The highest BCUT2D eigenvalue weighted by molar-refractivity contribution is 5.85. The number of hydrogen-bond acceptors (Lipinski definition) is 5. The van der Waals surface area contributed by atoms with Crippen molar-refractivity contribution in [3.63, 3.8) is 0 Å². The van der Waals surface area contributed by atoms with Gasteiger partial charge < -0.3 is 15.0 Å². The third kappa shape index (κ3) is 3.49. The maximum atomic E-state index is 5.87. The Labute approximate surface area is 126 Å². The predicted molar refractivity (Wildman–Crippen MR) is 79.2 cm³/mol. The van der Waals surface area contributed by atoms with Crippen LogP contribution in [0.4, 0.5) is 0 Å². The molecule has 6 nitrogen and oxygen atoms in total. The Morgan fingerprint density at radius 3 is 2.95 bits per heavy atom. The SMILES string of the molecule is Cl.Cn1nnc2c1C(COCCN1CCCC1)CNC2. The Kier molecular flexibility index (Phi) is 5.77. The van der Waals surface area contributed by atoms with Gasteiger partial charge in [0.25, 0.3) is 0 Å². The second-order valence-electron chi connectivity index (χ2n) is 5.50. The Hall–Kier alpha value is -0.690. The van der Waals surface area contributed by atoms with Crippen molar-refractivity contribution < 1.29 is 4.74 Å². The molecule has 0 saturated carbocycles. The normalized spacial score (nSPS) is 22.6. The fourth-order valence-corrected chi connectivity index (χ4v) is 3.06. The maximum Gasteiger partial charge on any atom is 0.100 e. The fraction of sp³-hybridized carbons (Fsp3) is 0.846. The van der Waals surface area contributed by atoms with Crippen molar-refractivity contribution in [1.29, 1.82) is 0 Å². The highest BCUT2D eigenvalue weighted by Crippen LogP contribution is 2.21. The Morgan fingerprint density at radius 1 is 1.35 bits per heavy atom. The zero-order valence-corrected chi connectivity index (χ0v) is 12.9. The molecule has 0 bridgehead atoms. The Morgan fingerprint density at radius 2 is 2.15 bits per heavy atom. The molecule has 0 spiro atoms. The maximum absolute atomic E-state index is 5.87. The lowest BCUT2D eigenvalue weighted by molar-refractivity contribution is 0.0959. The monoisotopic (exact) mass is 301 g/mol. The van der Waals surface area contributed by atoms with Gasteiger partial charge in [-0.3, -0.25) is 4.68 Å². The van der Waals surface area contributed by atoms with Gasteiger partial charge in [0.05, 0.1) is 18.9 Å². The largest absolute Gasteiger partial charge is 0.379 e. The zero-order chi connectivity index (χ0) is 13.1. The van der Waals surface area contributed by atoms with Crippen molar-refractivity contribution in [1.82, 2.24) is 25.2 Å². The van der Waals surface area contributed by atoms with Gasteiger partial charge in [-0.1, -0.05) is 5.21 Å². The highest BCUT2D eigenvalue weighted by Gasteiger charge is 2.25. The van der Waals surface area contributed by atoms with Crippen molar-refractivity contribution in [2.75, 3.05) is 39.4 Å². The van der Waals surface area contributed by atoms with Crippen LogP contribution in [0.25, 0.3) is 0 Å². The summed E-state index contributed by atoms with van der Waals surface area (Å²) in [6.45, 7) is 6.92. The van der Waals surface area contributed by atoms with Crippen LogP contribution in [0, 0.1) is 0 Å². The number of aryl methyl sites for hydroxylation is 1. The van der Waals surface area contributed by atoms with Crippen LogP contribution in [0.15, 0.2) is 0 Å². The summed E-state index contributed by atoms with van der Waals surface area (Å²) in [4.78, 5) is 2.48. The summed E-state index contributed by atoms with van der Waals surface area (Å²) in [7, 11) is 1.97. The molecule has 2 aliphatic rings. The number of rotatable bonds is 5. The van der Waals surface area contributed by atoms with Gasteiger partial charge >= 0.3 is 0 Å². The first-order valence-corrected chi connectivity index (χ1v) is 7.24. The van der Waals surface area contributed by atoms with Crippen LogP contribution in [0.1, 0.15) is 30.1 Å². The molecule has 0 radical (unpaired) electrons. The van der Waals surface area contributed by atoms with Crippen molar-refractivity contribution in [3.05, 3.63) is 11.4 Å². The first-order valence-electron chi connectivity index (χ1n) is 7.24. The van der Waals surface area contributed by atoms with Gasteiger partial charge in [-0.2, -0.15) is 0 Å². The molecule has 0 amide bonds. The molecule has 1 fully saturated rings. The molecule has 7 heteroatoms. The van der Waals surface area contributed by atoms with Gasteiger partial charge in [-0.15, -0.1) is 17.5 Å². The molecule has 1 N–H and O–H groups in total. The van der Waals surface area contributed by atoms with E-state index in [4.69, 9.17) is 4.74 Å². The first-order chi connectivity index (χ1) is 9.34. The standard InChI is InChI=1S/C13H23N5O.ClH/c1-17-13-11(8-14-9-12(13)15-16-17)10-19-7-6-18-4-2-3-5-18;/h11,14H,2-10H2,1H3;1H. The van der Waals surface area contributed by atoms with Crippen LogP contribution in [-0.2, 0) is 18.3 Å². The van der Waals surface area contributed by atoms with Crippen LogP contribution in [0.5, 0.6) is 0 Å². The predicted octanol–water partition coefficient (Wildman–Crippen LogP) is 0.536. The van der Waals surface area contributed by atoms with E-state index >= 15 is 0 Å². The first kappa shape index (κ1) is 15.7. The fourth-order valence-electron chi connectivity index (χ4n) is 3.06. The van der Waals surface area contributed by atoms with Crippen LogP contribution in [0.2, 0.25) is 0 Å². The lowest BCUT2D eigenvalue weighted by Crippen LogP contribution is -2.33. The van der Waals surface area contributed by atoms with Gasteiger partial charge in [0.1, 0.15) is 5.69 Å². The topological polar surface area (TPSA) is 55.2 Å². The Bertz CT molecular complexity index is 419. The van der Waals surface area contributed by atoms with E-state index in [0.717, 1.165) is 38.5 Å². The molecular weight excluding hydrogens is 278 g/mol. The quantitative estimate of drug-likeness (QED) is 0.805. The van der Waals surface area contributed by atoms with Crippen molar-refractivity contribution in [2.24, 2.45) is 7.05 Å². The molecule has 114 valence electrons. The molecule has 1 saturated heterocycles. The van der Waals surface area contributed by atoms with E-state index in [1.54, 1.807) is 0 Å². The Balaban J connectivity index is 0.00000147. The number of likely N-dealkylation sites (tertiary alicyclic amines) is 1. The van der Waals surface area contributed by atoms with Gasteiger partial charge in [0, 0.05) is 32.6 Å². The lowest BCUT2D eigenvalue weighted by atomic mass is 10.0. The number of fused-ring (bicyclic) bond motifs is 1. The van der Waals surface area contributed by atoms with Gasteiger partial charge in [-0.25, -0.2) is 0 Å². The van der Waals surface area contributed by atoms with E-state index in [0.29, 0.717) is 5.92 Å². The van der Waals surface area contributed by atoms with Crippen molar-refractivity contribution in [2.45, 2.75) is 25.3 Å². The minimum atomic E-state index is 0. The molecule has 3 heterocycles. The van der Waals surface area contributed by atoms with E-state index in [1.807, 2.05) is 11.7 Å². The molecule has 0 aromatic carbocycles. The number of nitrogens with zero attached hydrogens (tertiary/aromatic N) is 4. The van der Waals surface area contributed by atoms with Crippen LogP contribution < -0.4 is 5.32 Å². The smallest absolute Gasteiger partial charge is 0.100 e. The average molecular weight is 302 g/mol. The molecule has 0 aliphatic carbocycles. The second-order valence-corrected chi connectivity index (χ2v) is 5.50. The molecule has 3 rings (SSSR count). The van der Waals surface area contributed by atoms with Crippen molar-refractivity contribution >= 4 is 12.4 Å². The van der Waals surface area contributed by atoms with Crippen LogP contribution in [-0.4, -0.2) is 59.3 Å². The van der Waals surface area contributed by atoms with E-state index < -0.39 is 0 Å². The van der Waals surface area contributed by atoms with Gasteiger partial charge in [0.15, 0.2) is 0 Å². The summed E-state index contributed by atoms with van der Waals surface area (Å²) in [5.74, 6) is 0.377. The molecule has 1 unspecified atom stereocenters. The zero-order valence-electron chi connectivity index (χ0n) is 12.0. The lowest BCUT2D eigenvalue weighted by Gasteiger charge is -2.23. The third-order valence-corrected chi connectivity index (χ3v) is 4.08. The molecule has 2 aliphatic heterocycles. The number of aromatic nitrogens is 3. The number of hydrogen-bond donors (Lipinski definition) is 1. The molecule has 1 atom stereocenters. The van der Waals surface area contributed by atoms with Gasteiger partial charge in [-0.05, 0) is 25.9 Å².